The molecule has 1 unspecified atom stereocenters. The summed E-state index contributed by atoms with van der Waals surface area (Å²) < 4.78 is 10.5. The molecule has 1 atom stereocenters. The van der Waals surface area contributed by atoms with E-state index in [1.54, 1.807) is 24.4 Å². The molecule has 1 heterocycles. The predicted octanol–water partition coefficient (Wildman–Crippen LogP) is 3.10. The number of amides is 1. The number of nitrogens with zero attached hydrogens (tertiary/aromatic N) is 2. The van der Waals surface area contributed by atoms with E-state index in [2.05, 4.69) is 10.3 Å². The Morgan fingerprint density at radius 3 is 2.96 bits per heavy atom. The van der Waals surface area contributed by atoms with Crippen LogP contribution in [0.2, 0.25) is 0 Å². The maximum atomic E-state index is 12.1. The monoisotopic (exact) mass is 365 g/mol. The van der Waals surface area contributed by atoms with Crippen LogP contribution < -0.4 is 5.32 Å². The maximum Gasteiger partial charge on any atom is 0.270 e. The number of carbonyl (C=O) groups excluding carboxylic acids is 1. The van der Waals surface area contributed by atoms with E-state index < -0.39 is 11.0 Å². The third-order valence-corrected chi connectivity index (χ3v) is 4.01. The smallest absolute Gasteiger partial charge is 0.270 e. The molecular weight excluding hydrogens is 346 g/mol. The highest BCUT2D eigenvalue weighted by molar-refractivity contribution is 7.14. The van der Waals surface area contributed by atoms with Gasteiger partial charge in [0.05, 0.1) is 23.8 Å². The van der Waals surface area contributed by atoms with Gasteiger partial charge in [0.15, 0.2) is 5.13 Å². The van der Waals surface area contributed by atoms with Gasteiger partial charge in [0.1, 0.15) is 6.10 Å². The zero-order valence-electron chi connectivity index (χ0n) is 13.9. The van der Waals surface area contributed by atoms with Gasteiger partial charge in [0.2, 0.25) is 0 Å². The summed E-state index contributed by atoms with van der Waals surface area (Å²) in [6.45, 7) is 4.90. The summed E-state index contributed by atoms with van der Waals surface area (Å²) >= 11 is 1.24. The molecule has 25 heavy (non-hydrogen) atoms. The summed E-state index contributed by atoms with van der Waals surface area (Å²) in [5, 5.41) is 15.7. The first-order valence-corrected chi connectivity index (χ1v) is 8.59. The van der Waals surface area contributed by atoms with Crippen molar-refractivity contribution in [1.82, 2.24) is 4.98 Å². The average molecular weight is 365 g/mol. The van der Waals surface area contributed by atoms with Crippen molar-refractivity contribution in [2.45, 2.75) is 20.0 Å². The topological polar surface area (TPSA) is 104 Å². The Balaban J connectivity index is 1.96. The number of ether oxygens (including phenoxy) is 2. The van der Waals surface area contributed by atoms with Gasteiger partial charge in [-0.15, -0.1) is 11.3 Å². The van der Waals surface area contributed by atoms with Crippen LogP contribution in [0.5, 0.6) is 0 Å². The highest BCUT2D eigenvalue weighted by Gasteiger charge is 2.16. The molecule has 0 aliphatic rings. The van der Waals surface area contributed by atoms with E-state index in [-0.39, 0.29) is 11.6 Å². The molecule has 0 spiro atoms. The summed E-state index contributed by atoms with van der Waals surface area (Å²) in [5.41, 5.74) is 1.17. The van der Waals surface area contributed by atoms with Gasteiger partial charge in [-0.3, -0.25) is 20.2 Å². The number of nitro benzene ring substituents is 1. The van der Waals surface area contributed by atoms with Crippen molar-refractivity contribution < 1.29 is 19.2 Å². The molecule has 8 nitrogen and oxygen atoms in total. The third-order valence-electron chi connectivity index (χ3n) is 3.26. The zero-order chi connectivity index (χ0) is 18.2. The number of carbonyl (C=O) groups is 1. The molecule has 9 heteroatoms. The Bertz CT molecular complexity index is 734. The van der Waals surface area contributed by atoms with Gasteiger partial charge in [-0.1, -0.05) is 12.1 Å². The molecule has 1 amide bonds. The number of non-ortho nitro benzene ring substituents is 1. The van der Waals surface area contributed by atoms with E-state index in [0.29, 0.717) is 36.2 Å². The van der Waals surface area contributed by atoms with Crippen molar-refractivity contribution in [3.05, 3.63) is 39.8 Å². The maximum absolute atomic E-state index is 12.1. The van der Waals surface area contributed by atoms with E-state index in [0.717, 1.165) is 0 Å². The van der Waals surface area contributed by atoms with Crippen LogP contribution in [-0.4, -0.2) is 41.7 Å². The van der Waals surface area contributed by atoms with Crippen LogP contribution in [0.25, 0.3) is 11.3 Å². The fourth-order valence-electron chi connectivity index (χ4n) is 1.95. The number of nitro groups is 1. The number of anilines is 1. The second kappa shape index (κ2) is 9.21. The first-order valence-electron chi connectivity index (χ1n) is 7.71. The lowest BCUT2D eigenvalue weighted by Crippen LogP contribution is -2.28. The molecule has 1 aromatic carbocycles. The predicted molar refractivity (Wildman–Crippen MR) is 94.7 cm³/mol. The molecule has 0 saturated heterocycles. The first kappa shape index (κ1) is 19.0. The second-order valence-corrected chi connectivity index (χ2v) is 5.90. The lowest BCUT2D eigenvalue weighted by atomic mass is 10.1. The molecule has 134 valence electrons. The quantitative estimate of drug-likeness (QED) is 0.416. The number of hydrogen-bond acceptors (Lipinski definition) is 7. The summed E-state index contributed by atoms with van der Waals surface area (Å²) in [4.78, 5) is 26.7. The minimum Gasteiger partial charge on any atom is -0.379 e. The Hall–Kier alpha value is -2.36. The molecule has 2 rings (SSSR count). The first-order chi connectivity index (χ1) is 12.0. The van der Waals surface area contributed by atoms with E-state index >= 15 is 0 Å². The van der Waals surface area contributed by atoms with Gasteiger partial charge in [-0.2, -0.15) is 0 Å². The van der Waals surface area contributed by atoms with Gasteiger partial charge in [-0.05, 0) is 13.8 Å². The molecule has 1 aromatic heterocycles. The minimum atomic E-state index is -0.634. The number of benzene rings is 1. The van der Waals surface area contributed by atoms with Gasteiger partial charge in [0, 0.05) is 29.7 Å². The van der Waals surface area contributed by atoms with Crippen LogP contribution in [0.1, 0.15) is 13.8 Å². The molecule has 0 radical (unpaired) electrons. The van der Waals surface area contributed by atoms with Crippen molar-refractivity contribution in [2.75, 3.05) is 25.1 Å². The van der Waals surface area contributed by atoms with Crippen LogP contribution in [0.4, 0.5) is 10.8 Å². The summed E-state index contributed by atoms with van der Waals surface area (Å²) in [5.74, 6) is -0.309. The van der Waals surface area contributed by atoms with E-state index in [9.17, 15) is 14.9 Å². The van der Waals surface area contributed by atoms with Crippen molar-refractivity contribution in [2.24, 2.45) is 0 Å². The standard InChI is InChI=1S/C16H19N3O5S/c1-3-23-7-8-24-11(2)15(20)18-16-17-14(10-25-16)12-5-4-6-13(9-12)19(21)22/h4-6,9-11H,3,7-8H2,1-2H3,(H,17,18,20). The summed E-state index contributed by atoms with van der Waals surface area (Å²) in [7, 11) is 0. The Morgan fingerprint density at radius 2 is 2.24 bits per heavy atom. The van der Waals surface area contributed by atoms with Crippen molar-refractivity contribution in [3.63, 3.8) is 0 Å². The van der Waals surface area contributed by atoms with E-state index in [1.807, 2.05) is 6.92 Å². The van der Waals surface area contributed by atoms with Gasteiger partial charge in [0.25, 0.3) is 11.6 Å². The molecule has 0 fully saturated rings. The lowest BCUT2D eigenvalue weighted by molar-refractivity contribution is -0.384. The van der Waals surface area contributed by atoms with Crippen LogP contribution in [0.3, 0.4) is 0 Å². The Labute approximate surface area is 148 Å². The van der Waals surface area contributed by atoms with Crippen molar-refractivity contribution in [1.29, 1.82) is 0 Å². The van der Waals surface area contributed by atoms with Crippen molar-refractivity contribution in [3.8, 4) is 11.3 Å². The highest BCUT2D eigenvalue weighted by atomic mass is 32.1. The molecule has 0 saturated carbocycles. The van der Waals surface area contributed by atoms with Crippen molar-refractivity contribution >= 4 is 28.1 Å². The van der Waals surface area contributed by atoms with Crippen LogP contribution in [0.15, 0.2) is 29.6 Å². The molecule has 2 aromatic rings. The zero-order valence-corrected chi connectivity index (χ0v) is 14.7. The molecule has 0 aliphatic carbocycles. The van der Waals surface area contributed by atoms with Gasteiger partial charge < -0.3 is 9.47 Å². The average Bonchev–Trinajstić information content (AvgIpc) is 3.07. The highest BCUT2D eigenvalue weighted by Crippen LogP contribution is 2.27. The second-order valence-electron chi connectivity index (χ2n) is 5.04. The van der Waals surface area contributed by atoms with Crippen LogP contribution in [0, 0.1) is 10.1 Å². The molecule has 0 bridgehead atoms. The fourth-order valence-corrected chi connectivity index (χ4v) is 2.68. The Morgan fingerprint density at radius 1 is 1.44 bits per heavy atom. The minimum absolute atomic E-state index is 0.00703. The third kappa shape index (κ3) is 5.59. The molecule has 0 aliphatic heterocycles. The number of thiazole rings is 1. The summed E-state index contributed by atoms with van der Waals surface area (Å²) in [6.07, 6.45) is -0.634. The Kier molecular flexibility index (Phi) is 6.99. The number of aromatic nitrogens is 1. The van der Waals surface area contributed by atoms with Gasteiger partial charge >= 0.3 is 0 Å². The number of hydrogen-bond donors (Lipinski definition) is 1. The largest absolute Gasteiger partial charge is 0.379 e. The number of rotatable bonds is 9. The molecular formula is C16H19N3O5S. The van der Waals surface area contributed by atoms with Crippen LogP contribution in [-0.2, 0) is 14.3 Å². The van der Waals surface area contributed by atoms with E-state index in [1.165, 1.54) is 23.5 Å². The SMILES string of the molecule is CCOCCOC(C)C(=O)Nc1nc(-c2cccc([N+](=O)[O-])c2)cs1. The summed E-state index contributed by atoms with van der Waals surface area (Å²) in [6, 6.07) is 6.19. The normalized spacial score (nSPS) is 11.9. The van der Waals surface area contributed by atoms with Gasteiger partial charge in [-0.25, -0.2) is 4.98 Å². The van der Waals surface area contributed by atoms with Crippen LogP contribution >= 0.6 is 11.3 Å². The fraction of sp³-hybridized carbons (Fsp3) is 0.375. The van der Waals surface area contributed by atoms with E-state index in [4.69, 9.17) is 9.47 Å². The number of nitrogens with one attached hydrogen (secondary N) is 1. The lowest BCUT2D eigenvalue weighted by Gasteiger charge is -2.11. The molecule has 1 N–H and O–H groups in total.